The number of pyridine rings is 1. The molecule has 0 saturated carbocycles. The first-order valence-corrected chi connectivity index (χ1v) is 8.53. The molecule has 132 valence electrons. The zero-order chi connectivity index (χ0) is 19.0. The van der Waals surface area contributed by atoms with E-state index in [0.717, 1.165) is 27.9 Å². The molecule has 27 heavy (non-hydrogen) atoms. The molecule has 4 aromatic rings. The minimum atomic E-state index is -1.31. The van der Waals surface area contributed by atoms with Crippen LogP contribution >= 0.6 is 0 Å². The monoisotopic (exact) mass is 356 g/mol. The lowest BCUT2D eigenvalue weighted by Crippen LogP contribution is -2.17. The lowest BCUT2D eigenvalue weighted by molar-refractivity contribution is 0.122. The first-order chi connectivity index (χ1) is 13.0. The van der Waals surface area contributed by atoms with Crippen molar-refractivity contribution in [3.63, 3.8) is 0 Å². The summed E-state index contributed by atoms with van der Waals surface area (Å²) in [5.41, 5.74) is 3.85. The number of hydrogen-bond acceptors (Lipinski definition) is 2. The van der Waals surface area contributed by atoms with Gasteiger partial charge in [0.2, 0.25) is 0 Å². The minimum absolute atomic E-state index is 0.271. The molecule has 3 nitrogen and oxygen atoms in total. The number of hydrogen-bond donors (Lipinski definition) is 1. The highest BCUT2D eigenvalue weighted by Gasteiger charge is 2.19. The molecular formula is C23H17FN2O. The molecule has 0 fully saturated rings. The van der Waals surface area contributed by atoms with Gasteiger partial charge in [-0.05, 0) is 72.1 Å². The van der Waals surface area contributed by atoms with E-state index in [2.05, 4.69) is 11.0 Å². The van der Waals surface area contributed by atoms with Crippen LogP contribution in [0.25, 0.3) is 27.9 Å². The standard InChI is InChI=1S/C23H17FN2O/c1-3-23(2,27)19-6-4-5-17(13-19)18-11-12-26-21(14-18)15-22(25-26)16-7-9-20(24)10-8-16/h1,4-15,27H,2H3. The molecule has 4 rings (SSSR count). The molecule has 1 N–H and O–H groups in total. The van der Waals surface area contributed by atoms with Gasteiger partial charge in [-0.15, -0.1) is 6.42 Å². The van der Waals surface area contributed by atoms with Gasteiger partial charge in [-0.25, -0.2) is 8.91 Å². The van der Waals surface area contributed by atoms with Crippen molar-refractivity contribution in [2.24, 2.45) is 0 Å². The first-order valence-electron chi connectivity index (χ1n) is 8.53. The summed E-state index contributed by atoms with van der Waals surface area (Å²) in [6, 6.07) is 19.8. The van der Waals surface area contributed by atoms with Crippen LogP contribution in [0.3, 0.4) is 0 Å². The molecule has 0 saturated heterocycles. The fraction of sp³-hybridized carbons (Fsp3) is 0.0870. The van der Waals surface area contributed by atoms with Crippen LogP contribution in [0.15, 0.2) is 72.9 Å². The Labute approximate surface area is 156 Å². The average molecular weight is 356 g/mol. The molecule has 1 unspecified atom stereocenters. The molecule has 0 aliphatic heterocycles. The van der Waals surface area contributed by atoms with Crippen molar-refractivity contribution in [1.29, 1.82) is 0 Å². The minimum Gasteiger partial charge on any atom is -0.374 e. The Morgan fingerprint density at radius 1 is 1.00 bits per heavy atom. The normalized spacial score (nSPS) is 13.3. The van der Waals surface area contributed by atoms with Crippen LogP contribution in [0.4, 0.5) is 4.39 Å². The Hall–Kier alpha value is -3.42. The Bertz CT molecular complexity index is 1170. The summed E-state index contributed by atoms with van der Waals surface area (Å²) in [7, 11) is 0. The second kappa shape index (κ2) is 6.39. The summed E-state index contributed by atoms with van der Waals surface area (Å²) in [4.78, 5) is 0. The van der Waals surface area contributed by atoms with Crippen molar-refractivity contribution in [2.75, 3.05) is 0 Å². The summed E-state index contributed by atoms with van der Waals surface area (Å²) in [6.07, 6.45) is 7.31. The van der Waals surface area contributed by atoms with Crippen LogP contribution in [-0.2, 0) is 5.60 Å². The summed E-state index contributed by atoms with van der Waals surface area (Å²) in [6.45, 7) is 1.60. The molecule has 0 spiro atoms. The molecule has 0 aliphatic carbocycles. The van der Waals surface area contributed by atoms with Gasteiger partial charge in [-0.1, -0.05) is 24.1 Å². The quantitative estimate of drug-likeness (QED) is 0.543. The lowest BCUT2D eigenvalue weighted by atomic mass is 9.93. The predicted octanol–water partition coefficient (Wildman–Crippen LogP) is 4.65. The van der Waals surface area contributed by atoms with Gasteiger partial charge in [-0.3, -0.25) is 0 Å². The predicted molar refractivity (Wildman–Crippen MR) is 104 cm³/mol. The van der Waals surface area contributed by atoms with Crippen molar-refractivity contribution >= 4 is 5.52 Å². The Balaban J connectivity index is 1.75. The molecule has 0 amide bonds. The van der Waals surface area contributed by atoms with Crippen LogP contribution in [0.1, 0.15) is 12.5 Å². The number of benzene rings is 2. The summed E-state index contributed by atoms with van der Waals surface area (Å²) < 4.78 is 14.9. The van der Waals surface area contributed by atoms with E-state index in [0.29, 0.717) is 5.56 Å². The molecule has 0 aliphatic rings. The highest BCUT2D eigenvalue weighted by atomic mass is 19.1. The third kappa shape index (κ3) is 3.21. The van der Waals surface area contributed by atoms with Crippen LogP contribution < -0.4 is 0 Å². The van der Waals surface area contributed by atoms with Crippen molar-refractivity contribution in [3.8, 4) is 34.7 Å². The number of nitrogens with zero attached hydrogens (tertiary/aromatic N) is 2. The molecule has 2 aromatic carbocycles. The number of halogens is 1. The molecule has 4 heteroatoms. The summed E-state index contributed by atoms with van der Waals surface area (Å²) >= 11 is 0. The topological polar surface area (TPSA) is 37.5 Å². The van der Waals surface area contributed by atoms with E-state index >= 15 is 0 Å². The maximum absolute atomic E-state index is 13.1. The molecule has 1 atom stereocenters. The van der Waals surface area contributed by atoms with Crippen molar-refractivity contribution in [1.82, 2.24) is 9.61 Å². The van der Waals surface area contributed by atoms with Gasteiger partial charge in [0.1, 0.15) is 11.4 Å². The number of aromatic nitrogens is 2. The summed E-state index contributed by atoms with van der Waals surface area (Å²) in [5.74, 6) is 2.14. The largest absolute Gasteiger partial charge is 0.374 e. The number of terminal acetylenes is 1. The van der Waals surface area contributed by atoms with Gasteiger partial charge >= 0.3 is 0 Å². The molecule has 2 heterocycles. The second-order valence-corrected chi connectivity index (χ2v) is 6.62. The lowest BCUT2D eigenvalue weighted by Gasteiger charge is -2.17. The van der Waals surface area contributed by atoms with E-state index in [1.54, 1.807) is 23.6 Å². The van der Waals surface area contributed by atoms with Gasteiger partial charge in [-0.2, -0.15) is 5.10 Å². The van der Waals surface area contributed by atoms with Crippen molar-refractivity contribution in [2.45, 2.75) is 12.5 Å². The summed E-state index contributed by atoms with van der Waals surface area (Å²) in [5, 5.41) is 14.9. The van der Waals surface area contributed by atoms with E-state index in [9.17, 15) is 9.50 Å². The molecule has 0 radical (unpaired) electrons. The number of fused-ring (bicyclic) bond motifs is 1. The maximum atomic E-state index is 13.1. The number of rotatable bonds is 3. The van der Waals surface area contributed by atoms with Crippen molar-refractivity contribution < 1.29 is 9.50 Å². The van der Waals surface area contributed by atoms with E-state index in [-0.39, 0.29) is 5.82 Å². The highest BCUT2D eigenvalue weighted by Crippen LogP contribution is 2.28. The van der Waals surface area contributed by atoms with Crippen LogP contribution in [-0.4, -0.2) is 14.7 Å². The zero-order valence-electron chi connectivity index (χ0n) is 14.7. The van der Waals surface area contributed by atoms with E-state index < -0.39 is 5.60 Å². The fourth-order valence-electron chi connectivity index (χ4n) is 3.02. The SMILES string of the molecule is C#CC(C)(O)c1cccc(-c2ccn3nc(-c4ccc(F)cc4)cc3c2)c1. The molecular weight excluding hydrogens is 339 g/mol. The smallest absolute Gasteiger partial charge is 0.147 e. The zero-order valence-corrected chi connectivity index (χ0v) is 14.7. The Morgan fingerprint density at radius 3 is 2.48 bits per heavy atom. The molecule has 2 aromatic heterocycles. The van der Waals surface area contributed by atoms with Gasteiger partial charge in [0.25, 0.3) is 0 Å². The van der Waals surface area contributed by atoms with Crippen LogP contribution in [0, 0.1) is 18.2 Å². The van der Waals surface area contributed by atoms with Crippen LogP contribution in [0.2, 0.25) is 0 Å². The third-order valence-corrected chi connectivity index (χ3v) is 4.64. The Morgan fingerprint density at radius 2 is 1.74 bits per heavy atom. The van der Waals surface area contributed by atoms with Gasteiger partial charge in [0.05, 0.1) is 11.2 Å². The van der Waals surface area contributed by atoms with Crippen LogP contribution in [0.5, 0.6) is 0 Å². The van der Waals surface area contributed by atoms with Gasteiger partial charge in [0, 0.05) is 11.8 Å². The third-order valence-electron chi connectivity index (χ3n) is 4.64. The van der Waals surface area contributed by atoms with E-state index in [1.165, 1.54) is 12.1 Å². The maximum Gasteiger partial charge on any atom is 0.147 e. The first kappa shape index (κ1) is 17.0. The molecule has 0 bridgehead atoms. The van der Waals surface area contributed by atoms with Gasteiger partial charge in [0.15, 0.2) is 0 Å². The second-order valence-electron chi connectivity index (χ2n) is 6.62. The van der Waals surface area contributed by atoms with E-state index in [1.807, 2.05) is 48.7 Å². The fourth-order valence-corrected chi connectivity index (χ4v) is 3.02. The number of aliphatic hydroxyl groups is 1. The van der Waals surface area contributed by atoms with Crippen molar-refractivity contribution in [3.05, 3.63) is 84.3 Å². The Kier molecular flexibility index (Phi) is 4.02. The highest BCUT2D eigenvalue weighted by molar-refractivity contribution is 5.73. The average Bonchev–Trinajstić information content (AvgIpc) is 3.12. The van der Waals surface area contributed by atoms with Gasteiger partial charge < -0.3 is 5.11 Å². The van der Waals surface area contributed by atoms with E-state index in [4.69, 9.17) is 6.42 Å².